The molecule has 3 aromatic rings. The molecular weight excluding hydrogens is 292 g/mol. The fraction of sp³-hybridized carbons (Fsp3) is 0.143. The van der Waals surface area contributed by atoms with Gasteiger partial charge < -0.3 is 14.6 Å². The van der Waals surface area contributed by atoms with Crippen LogP contribution in [0, 0.1) is 0 Å². The highest BCUT2D eigenvalue weighted by molar-refractivity contribution is 7.15. The maximum absolute atomic E-state index is 11.3. The number of carboxylic acid groups (broad SMARTS) is 1. The number of aromatic carboxylic acids is 1. The van der Waals surface area contributed by atoms with Crippen LogP contribution in [0.3, 0.4) is 0 Å². The van der Waals surface area contributed by atoms with Gasteiger partial charge in [0.1, 0.15) is 0 Å². The van der Waals surface area contributed by atoms with Gasteiger partial charge in [-0.05, 0) is 18.2 Å². The van der Waals surface area contributed by atoms with Gasteiger partial charge in [0.05, 0.1) is 26.1 Å². The average Bonchev–Trinajstić information content (AvgIpc) is 3.07. The number of aromatic nitrogens is 2. The maximum Gasteiger partial charge on any atom is 0.354 e. The van der Waals surface area contributed by atoms with Crippen molar-refractivity contribution >= 4 is 22.3 Å². The Morgan fingerprint density at radius 1 is 1.29 bits per heavy atom. The fourth-order valence-electron chi connectivity index (χ4n) is 2.16. The van der Waals surface area contributed by atoms with Gasteiger partial charge >= 0.3 is 5.97 Å². The van der Waals surface area contributed by atoms with E-state index >= 15 is 0 Å². The Morgan fingerprint density at radius 2 is 2.05 bits per heavy atom. The molecule has 3 rings (SSSR count). The number of carboxylic acids is 1. The quantitative estimate of drug-likeness (QED) is 0.802. The molecule has 0 saturated carbocycles. The van der Waals surface area contributed by atoms with Crippen molar-refractivity contribution in [1.29, 1.82) is 0 Å². The lowest BCUT2D eigenvalue weighted by molar-refractivity contribution is 0.0689. The minimum absolute atomic E-state index is 0.135. The van der Waals surface area contributed by atoms with E-state index in [1.807, 2.05) is 17.5 Å². The summed E-state index contributed by atoms with van der Waals surface area (Å²) in [4.78, 5) is 16.0. The van der Waals surface area contributed by atoms with Crippen molar-refractivity contribution in [2.75, 3.05) is 14.2 Å². The lowest BCUT2D eigenvalue weighted by Gasteiger charge is -2.09. The Balaban J connectivity index is 2.20. The summed E-state index contributed by atoms with van der Waals surface area (Å²) >= 11 is 1.39. The van der Waals surface area contributed by atoms with Crippen LogP contribution in [-0.2, 0) is 0 Å². The first-order chi connectivity index (χ1) is 10.2. The van der Waals surface area contributed by atoms with E-state index in [1.165, 1.54) is 17.5 Å². The molecule has 0 unspecified atom stereocenters. The van der Waals surface area contributed by atoms with Crippen LogP contribution in [0.2, 0.25) is 0 Å². The Bertz CT molecular complexity index is 822. The molecule has 1 N–H and O–H groups in total. The first kappa shape index (κ1) is 13.4. The highest BCUT2D eigenvalue weighted by Gasteiger charge is 2.17. The molecule has 0 amide bonds. The molecule has 0 saturated heterocycles. The first-order valence-electron chi connectivity index (χ1n) is 6.06. The molecule has 21 heavy (non-hydrogen) atoms. The minimum atomic E-state index is -1.01. The zero-order valence-corrected chi connectivity index (χ0v) is 12.2. The molecule has 7 heteroatoms. The van der Waals surface area contributed by atoms with Crippen molar-refractivity contribution in [3.8, 4) is 22.8 Å². The normalized spacial score (nSPS) is 10.8. The van der Waals surface area contributed by atoms with Crippen LogP contribution in [0.15, 0.2) is 29.8 Å². The smallest absolute Gasteiger partial charge is 0.354 e. The van der Waals surface area contributed by atoms with E-state index < -0.39 is 5.97 Å². The van der Waals surface area contributed by atoms with Gasteiger partial charge in [0.15, 0.2) is 22.2 Å². The number of benzene rings is 1. The average molecular weight is 304 g/mol. The van der Waals surface area contributed by atoms with Crippen LogP contribution in [-0.4, -0.2) is 34.7 Å². The second-order valence-electron chi connectivity index (χ2n) is 4.26. The minimum Gasteiger partial charge on any atom is -0.493 e. The first-order valence-corrected chi connectivity index (χ1v) is 6.94. The SMILES string of the molecule is COc1ccc(-c2csc3ncc(C(=O)O)n23)cc1OC. The van der Waals surface area contributed by atoms with E-state index in [4.69, 9.17) is 9.47 Å². The van der Waals surface area contributed by atoms with Crippen LogP contribution in [0.4, 0.5) is 0 Å². The molecule has 2 aromatic heterocycles. The Morgan fingerprint density at radius 3 is 2.71 bits per heavy atom. The van der Waals surface area contributed by atoms with Crippen molar-refractivity contribution in [2.45, 2.75) is 0 Å². The summed E-state index contributed by atoms with van der Waals surface area (Å²) in [5.41, 5.74) is 1.72. The number of rotatable bonds is 4. The summed E-state index contributed by atoms with van der Waals surface area (Å²) < 4.78 is 12.1. The van der Waals surface area contributed by atoms with Crippen LogP contribution in [0.5, 0.6) is 11.5 Å². The second kappa shape index (κ2) is 5.10. The molecule has 2 heterocycles. The molecule has 6 nitrogen and oxygen atoms in total. The van der Waals surface area contributed by atoms with Crippen molar-refractivity contribution < 1.29 is 19.4 Å². The molecule has 0 aliphatic rings. The molecule has 0 fully saturated rings. The van der Waals surface area contributed by atoms with Crippen LogP contribution < -0.4 is 9.47 Å². The van der Waals surface area contributed by atoms with Gasteiger partial charge in [0.2, 0.25) is 0 Å². The Kier molecular flexibility index (Phi) is 3.26. The molecule has 0 aliphatic carbocycles. The number of fused-ring (bicyclic) bond motifs is 1. The van der Waals surface area contributed by atoms with Crippen molar-refractivity contribution in [1.82, 2.24) is 9.38 Å². The van der Waals surface area contributed by atoms with E-state index in [-0.39, 0.29) is 5.69 Å². The predicted octanol–water partition coefficient (Wildman–Crippen LogP) is 2.78. The van der Waals surface area contributed by atoms with Crippen LogP contribution in [0.25, 0.3) is 16.2 Å². The standard InChI is InChI=1S/C14H12N2O4S/c1-19-11-4-3-8(5-12(11)20-2)10-7-21-14-15-6-9(13(17)18)16(10)14/h3-7H,1-2H3,(H,17,18). The summed E-state index contributed by atoms with van der Waals surface area (Å²) in [5, 5.41) is 11.1. The van der Waals surface area contributed by atoms with E-state index in [0.29, 0.717) is 16.5 Å². The largest absolute Gasteiger partial charge is 0.493 e. The Labute approximate surface area is 124 Å². The lowest BCUT2D eigenvalue weighted by Crippen LogP contribution is -2.01. The highest BCUT2D eigenvalue weighted by atomic mass is 32.1. The number of thiazole rings is 1. The third-order valence-electron chi connectivity index (χ3n) is 3.14. The van der Waals surface area contributed by atoms with Gasteiger partial charge in [-0.2, -0.15) is 0 Å². The van der Waals surface area contributed by atoms with Gasteiger partial charge in [-0.25, -0.2) is 9.78 Å². The van der Waals surface area contributed by atoms with Gasteiger partial charge in [0, 0.05) is 10.9 Å². The third kappa shape index (κ3) is 2.11. The van der Waals surface area contributed by atoms with Gasteiger partial charge in [-0.3, -0.25) is 4.40 Å². The number of hydrogen-bond acceptors (Lipinski definition) is 5. The summed E-state index contributed by atoms with van der Waals surface area (Å²) in [6.07, 6.45) is 1.36. The number of nitrogens with zero attached hydrogens (tertiary/aromatic N) is 2. The van der Waals surface area contributed by atoms with E-state index in [1.54, 1.807) is 24.7 Å². The Hall–Kier alpha value is -2.54. The molecule has 1 aromatic carbocycles. The van der Waals surface area contributed by atoms with Crippen molar-refractivity contribution in [2.24, 2.45) is 0 Å². The fourth-order valence-corrected chi connectivity index (χ4v) is 3.03. The lowest BCUT2D eigenvalue weighted by atomic mass is 10.1. The van der Waals surface area contributed by atoms with E-state index in [0.717, 1.165) is 11.3 Å². The summed E-state index contributed by atoms with van der Waals surface area (Å²) in [6.45, 7) is 0. The zero-order chi connectivity index (χ0) is 15.0. The number of carbonyl (C=O) groups is 1. The summed E-state index contributed by atoms with van der Waals surface area (Å²) in [5.74, 6) is 0.200. The number of hydrogen-bond donors (Lipinski definition) is 1. The molecule has 108 valence electrons. The van der Waals surface area contributed by atoms with Gasteiger partial charge in [-0.1, -0.05) is 0 Å². The highest BCUT2D eigenvalue weighted by Crippen LogP contribution is 2.34. The van der Waals surface area contributed by atoms with Crippen LogP contribution >= 0.6 is 11.3 Å². The second-order valence-corrected chi connectivity index (χ2v) is 5.09. The van der Waals surface area contributed by atoms with Crippen molar-refractivity contribution in [3.63, 3.8) is 0 Å². The maximum atomic E-state index is 11.3. The van der Waals surface area contributed by atoms with E-state index in [2.05, 4.69) is 4.98 Å². The van der Waals surface area contributed by atoms with E-state index in [9.17, 15) is 9.90 Å². The third-order valence-corrected chi connectivity index (χ3v) is 3.98. The molecule has 0 atom stereocenters. The topological polar surface area (TPSA) is 73.1 Å². The zero-order valence-electron chi connectivity index (χ0n) is 11.4. The van der Waals surface area contributed by atoms with Gasteiger partial charge in [-0.15, -0.1) is 11.3 Å². The molecular formula is C14H12N2O4S. The van der Waals surface area contributed by atoms with Crippen molar-refractivity contribution in [3.05, 3.63) is 35.5 Å². The molecule has 0 aliphatic heterocycles. The number of methoxy groups -OCH3 is 2. The predicted molar refractivity (Wildman–Crippen MR) is 78.6 cm³/mol. The molecule has 0 bridgehead atoms. The van der Waals surface area contributed by atoms with Crippen LogP contribution in [0.1, 0.15) is 10.5 Å². The van der Waals surface area contributed by atoms with Gasteiger partial charge in [0.25, 0.3) is 0 Å². The summed E-state index contributed by atoms with van der Waals surface area (Å²) in [6, 6.07) is 5.45. The monoisotopic (exact) mass is 304 g/mol. The molecule has 0 radical (unpaired) electrons. The molecule has 0 spiro atoms. The summed E-state index contributed by atoms with van der Waals surface area (Å²) in [7, 11) is 3.13. The number of ether oxygens (including phenoxy) is 2. The number of imidazole rings is 1.